The zero-order valence-electron chi connectivity index (χ0n) is 16.8. The summed E-state index contributed by atoms with van der Waals surface area (Å²) in [7, 11) is 0. The van der Waals surface area contributed by atoms with Crippen LogP contribution in [0.15, 0.2) is 60.3 Å². The molecule has 0 amide bonds. The van der Waals surface area contributed by atoms with Crippen LogP contribution in [0.3, 0.4) is 0 Å². The van der Waals surface area contributed by atoms with Crippen LogP contribution >= 0.6 is 23.2 Å². The highest BCUT2D eigenvalue weighted by Crippen LogP contribution is 2.23. The Morgan fingerprint density at radius 2 is 1.70 bits per heavy atom. The van der Waals surface area contributed by atoms with Crippen molar-refractivity contribution in [1.29, 1.82) is 0 Å². The molecule has 5 nitrogen and oxygen atoms in total. The van der Waals surface area contributed by atoms with Crippen molar-refractivity contribution in [3.05, 3.63) is 81.5 Å². The topological polar surface area (TPSA) is 92.4 Å². The maximum atomic E-state index is 11.6. The molecule has 160 valence electrons. The Hall–Kier alpha value is -2.34. The molecule has 0 saturated carbocycles. The van der Waals surface area contributed by atoms with Gasteiger partial charge in [-0.3, -0.25) is 9.59 Å². The maximum Gasteiger partial charge on any atom is 0.304 e. The number of carbonyl (C=O) groups is 2. The molecule has 2 aromatic carbocycles. The number of nitrogens with two attached hydrogens (primary N) is 1. The number of aliphatic carboxylic acids is 1. The molecule has 0 aliphatic carbocycles. The minimum Gasteiger partial charge on any atom is -0.481 e. The lowest BCUT2D eigenvalue weighted by atomic mass is 9.94. The van der Waals surface area contributed by atoms with Crippen molar-refractivity contribution in [3.63, 3.8) is 0 Å². The predicted molar refractivity (Wildman–Crippen MR) is 121 cm³/mol. The van der Waals surface area contributed by atoms with Gasteiger partial charge in [-0.25, -0.2) is 0 Å². The molecule has 30 heavy (non-hydrogen) atoms. The Bertz CT molecular complexity index is 880. The van der Waals surface area contributed by atoms with E-state index in [1.807, 2.05) is 43.3 Å². The summed E-state index contributed by atoms with van der Waals surface area (Å²) in [6.07, 6.45) is 2.29. The molecule has 0 bridgehead atoms. The second kappa shape index (κ2) is 11.7. The van der Waals surface area contributed by atoms with Gasteiger partial charge >= 0.3 is 5.97 Å². The van der Waals surface area contributed by atoms with Crippen LogP contribution in [0.5, 0.6) is 0 Å². The Morgan fingerprint density at radius 3 is 2.23 bits per heavy atom. The van der Waals surface area contributed by atoms with Gasteiger partial charge in [-0.1, -0.05) is 47.5 Å². The molecule has 2 unspecified atom stereocenters. The first-order chi connectivity index (χ1) is 14.3. The highest BCUT2D eigenvalue weighted by molar-refractivity contribution is 6.30. The molecule has 4 N–H and O–H groups in total. The van der Waals surface area contributed by atoms with Crippen LogP contribution in [-0.4, -0.2) is 29.9 Å². The second-order valence-corrected chi connectivity index (χ2v) is 8.08. The number of rotatable bonds is 5. The quantitative estimate of drug-likeness (QED) is 0.613. The van der Waals surface area contributed by atoms with Crippen molar-refractivity contribution in [1.82, 2.24) is 5.32 Å². The fourth-order valence-corrected chi connectivity index (χ4v) is 3.46. The van der Waals surface area contributed by atoms with Crippen LogP contribution < -0.4 is 11.1 Å². The van der Waals surface area contributed by atoms with Gasteiger partial charge in [0.15, 0.2) is 5.78 Å². The first-order valence-corrected chi connectivity index (χ1v) is 10.4. The van der Waals surface area contributed by atoms with Crippen LogP contribution in [0.4, 0.5) is 0 Å². The first-order valence-electron chi connectivity index (χ1n) is 9.66. The number of halogens is 2. The number of allylic oxidation sites excluding steroid dienone is 2. The van der Waals surface area contributed by atoms with Crippen LogP contribution in [0, 0.1) is 0 Å². The van der Waals surface area contributed by atoms with Crippen LogP contribution in [0.2, 0.25) is 10.0 Å². The average molecular weight is 449 g/mol. The van der Waals surface area contributed by atoms with E-state index in [9.17, 15) is 9.59 Å². The molecule has 1 aliphatic rings. The molecular weight excluding hydrogens is 423 g/mol. The lowest BCUT2D eigenvalue weighted by molar-refractivity contribution is -0.137. The van der Waals surface area contributed by atoms with Crippen molar-refractivity contribution in [2.24, 2.45) is 5.73 Å². The molecule has 3 rings (SSSR count). The van der Waals surface area contributed by atoms with Gasteiger partial charge in [-0.2, -0.15) is 0 Å². The number of carbonyl (C=O) groups excluding carboxylic acids is 1. The van der Waals surface area contributed by atoms with Gasteiger partial charge in [-0.05, 0) is 54.9 Å². The molecule has 7 heteroatoms. The van der Waals surface area contributed by atoms with Gasteiger partial charge in [0.25, 0.3) is 0 Å². The van der Waals surface area contributed by atoms with E-state index < -0.39 is 5.97 Å². The van der Waals surface area contributed by atoms with Crippen molar-refractivity contribution in [2.75, 3.05) is 13.1 Å². The molecule has 0 radical (unpaired) electrons. The predicted octanol–water partition coefficient (Wildman–Crippen LogP) is 4.75. The van der Waals surface area contributed by atoms with E-state index in [-0.39, 0.29) is 24.0 Å². The van der Waals surface area contributed by atoms with Gasteiger partial charge in [0.2, 0.25) is 0 Å². The third-order valence-corrected chi connectivity index (χ3v) is 5.34. The minimum atomic E-state index is -0.838. The van der Waals surface area contributed by atoms with Gasteiger partial charge in [-0.15, -0.1) is 0 Å². The van der Waals surface area contributed by atoms with E-state index in [2.05, 4.69) is 5.32 Å². The van der Waals surface area contributed by atoms with Crippen molar-refractivity contribution in [3.8, 4) is 0 Å². The number of benzene rings is 2. The van der Waals surface area contributed by atoms with Gasteiger partial charge in [0.1, 0.15) is 0 Å². The number of hydrogen-bond donors (Lipinski definition) is 3. The smallest absolute Gasteiger partial charge is 0.304 e. The third kappa shape index (κ3) is 7.82. The zero-order valence-corrected chi connectivity index (χ0v) is 18.3. The normalized spacial score (nSPS) is 17.0. The molecule has 0 aromatic heterocycles. The third-order valence-electron chi connectivity index (χ3n) is 4.84. The van der Waals surface area contributed by atoms with Crippen molar-refractivity contribution < 1.29 is 14.7 Å². The summed E-state index contributed by atoms with van der Waals surface area (Å²) in [6, 6.07) is 14.8. The highest BCUT2D eigenvalue weighted by Gasteiger charge is 2.18. The van der Waals surface area contributed by atoms with Gasteiger partial charge in [0, 0.05) is 40.5 Å². The lowest BCUT2D eigenvalue weighted by Gasteiger charge is -2.14. The second-order valence-electron chi connectivity index (χ2n) is 7.21. The van der Waals surface area contributed by atoms with E-state index in [0.717, 1.165) is 28.4 Å². The number of hydrogen-bond acceptors (Lipinski definition) is 4. The summed E-state index contributed by atoms with van der Waals surface area (Å²) in [6.45, 7) is 3.05. The van der Waals surface area contributed by atoms with E-state index in [4.69, 9.17) is 34.0 Å². The Balaban J connectivity index is 0.000000216. The number of carboxylic acids is 1. The summed E-state index contributed by atoms with van der Waals surface area (Å²) in [5, 5.41) is 13.3. The maximum absolute atomic E-state index is 11.6. The summed E-state index contributed by atoms with van der Waals surface area (Å²) in [5.41, 5.74) is 8.52. The summed E-state index contributed by atoms with van der Waals surface area (Å²) < 4.78 is 0. The summed E-state index contributed by atoms with van der Waals surface area (Å²) in [5.74, 6) is -0.555. The van der Waals surface area contributed by atoms with Crippen LogP contribution in [0.1, 0.15) is 42.7 Å². The number of ketones is 1. The van der Waals surface area contributed by atoms with Crippen LogP contribution in [-0.2, 0) is 9.59 Å². The Kier molecular flexibility index (Phi) is 9.37. The Labute approximate surface area is 186 Å². The lowest BCUT2D eigenvalue weighted by Crippen LogP contribution is -2.18. The molecule has 2 aromatic rings. The van der Waals surface area contributed by atoms with Gasteiger partial charge < -0.3 is 16.2 Å². The highest BCUT2D eigenvalue weighted by atomic mass is 35.5. The zero-order chi connectivity index (χ0) is 22.1. The van der Waals surface area contributed by atoms with E-state index in [1.54, 1.807) is 18.2 Å². The van der Waals surface area contributed by atoms with E-state index in [0.29, 0.717) is 18.0 Å². The monoisotopic (exact) mass is 448 g/mol. The van der Waals surface area contributed by atoms with E-state index >= 15 is 0 Å². The fraction of sp³-hybridized carbons (Fsp3) is 0.304. The molecular formula is C23H26Cl2N2O3. The minimum absolute atomic E-state index is 0.0537. The van der Waals surface area contributed by atoms with Crippen LogP contribution in [0.25, 0.3) is 0 Å². The van der Waals surface area contributed by atoms with E-state index in [1.165, 1.54) is 0 Å². The molecule has 0 saturated heterocycles. The SMILES string of the molecule is CC1=CC(=O)CC(c2ccc(Cl)cc2)CN1.NCC(CC(=O)O)c1ccc(Cl)cc1. The van der Waals surface area contributed by atoms with Gasteiger partial charge in [0.05, 0.1) is 6.42 Å². The average Bonchev–Trinajstić information content (AvgIpc) is 2.88. The first kappa shape index (κ1) is 23.9. The number of carboxylic acid groups (broad SMARTS) is 1. The summed E-state index contributed by atoms with van der Waals surface area (Å²) >= 11 is 11.6. The Morgan fingerprint density at radius 1 is 1.13 bits per heavy atom. The van der Waals surface area contributed by atoms with Crippen molar-refractivity contribution >= 4 is 35.0 Å². The molecule has 2 atom stereocenters. The summed E-state index contributed by atoms with van der Waals surface area (Å²) in [4.78, 5) is 22.1. The largest absolute Gasteiger partial charge is 0.481 e. The standard InChI is InChI=1S/C13H14ClNO.C10H12ClNO2/c1-9-6-13(16)7-11(8-15-9)10-2-4-12(14)5-3-10;11-9-3-1-7(2-4-9)8(6-12)5-10(13)14/h2-6,11,15H,7-8H2,1H3;1-4,8H,5-6,12H2,(H,13,14). The van der Waals surface area contributed by atoms with Crippen molar-refractivity contribution in [2.45, 2.75) is 31.6 Å². The molecule has 1 heterocycles. The molecule has 1 aliphatic heterocycles. The fourth-order valence-electron chi connectivity index (χ4n) is 3.20. The molecule has 0 spiro atoms. The number of nitrogens with one attached hydrogen (secondary N) is 1. The molecule has 0 fully saturated rings.